The molecule has 0 saturated carbocycles. The number of Topliss-reactive ketones (excluding diaryl/α,β-unsaturated/α-hetero) is 1. The summed E-state index contributed by atoms with van der Waals surface area (Å²) in [5, 5.41) is 2.28. The summed E-state index contributed by atoms with van der Waals surface area (Å²) >= 11 is 0. The molecule has 1 fully saturated rings. The number of carbonyl (C=O) groups excluding carboxylic acids is 4. The second-order valence-corrected chi connectivity index (χ2v) is 5.49. The average Bonchev–Trinajstić information content (AvgIpc) is 2.60. The number of ketones is 1. The number of carbonyl (C=O) groups is 4. The minimum Gasteiger partial charge on any atom is -0.447 e. The van der Waals surface area contributed by atoms with E-state index in [4.69, 9.17) is 15.2 Å². The van der Waals surface area contributed by atoms with E-state index in [0.29, 0.717) is 32.4 Å². The highest BCUT2D eigenvalue weighted by Crippen LogP contribution is 2.09. The van der Waals surface area contributed by atoms with Gasteiger partial charge in [0.15, 0.2) is 0 Å². The van der Waals surface area contributed by atoms with Gasteiger partial charge in [0.2, 0.25) is 5.91 Å². The Balaban J connectivity index is 2.27. The van der Waals surface area contributed by atoms with Crippen LogP contribution in [0.1, 0.15) is 25.7 Å². The van der Waals surface area contributed by atoms with E-state index in [1.165, 1.54) is 7.05 Å². The van der Waals surface area contributed by atoms with E-state index < -0.39 is 18.3 Å². The Bertz CT molecular complexity index is 474. The van der Waals surface area contributed by atoms with Gasteiger partial charge in [-0.15, -0.1) is 0 Å². The molecule has 0 aromatic carbocycles. The number of nitrogens with two attached hydrogens (primary N) is 1. The van der Waals surface area contributed by atoms with E-state index in [2.05, 4.69) is 10.1 Å². The van der Waals surface area contributed by atoms with Crippen LogP contribution in [0.2, 0.25) is 0 Å². The fraction of sp³-hybridized carbons (Fsp3) is 0.733. The lowest BCUT2D eigenvalue weighted by Crippen LogP contribution is -2.38. The van der Waals surface area contributed by atoms with Gasteiger partial charge in [-0.3, -0.25) is 9.59 Å². The second-order valence-electron chi connectivity index (χ2n) is 5.49. The van der Waals surface area contributed by atoms with Gasteiger partial charge in [0.25, 0.3) is 0 Å². The molecule has 1 saturated heterocycles. The molecule has 0 bridgehead atoms. The molecular formula is C15H25N3O7. The summed E-state index contributed by atoms with van der Waals surface area (Å²) in [6.45, 7) is 0.882. The molecule has 1 aliphatic heterocycles. The largest absolute Gasteiger partial charge is 0.447 e. The van der Waals surface area contributed by atoms with Gasteiger partial charge in [0.1, 0.15) is 25.1 Å². The molecule has 142 valence electrons. The summed E-state index contributed by atoms with van der Waals surface area (Å²) in [7, 11) is 1.41. The third-order valence-electron chi connectivity index (χ3n) is 3.58. The minimum atomic E-state index is -0.955. The van der Waals surface area contributed by atoms with Gasteiger partial charge < -0.3 is 30.2 Å². The summed E-state index contributed by atoms with van der Waals surface area (Å²) in [6, 6.07) is 0. The lowest BCUT2D eigenvalue weighted by molar-refractivity contribution is -0.135. The van der Waals surface area contributed by atoms with Crippen molar-refractivity contribution in [1.82, 2.24) is 10.2 Å². The smallest absolute Gasteiger partial charge is 0.406 e. The molecule has 3 N–H and O–H groups in total. The lowest BCUT2D eigenvalue weighted by atomic mass is 10.1. The fourth-order valence-electron chi connectivity index (χ4n) is 2.20. The number of piperidine rings is 1. The predicted octanol–water partition coefficient (Wildman–Crippen LogP) is -0.205. The molecule has 1 unspecified atom stereocenters. The Labute approximate surface area is 145 Å². The molecule has 0 aliphatic carbocycles. The first-order chi connectivity index (χ1) is 11.9. The molecule has 25 heavy (non-hydrogen) atoms. The Morgan fingerprint density at radius 1 is 1.20 bits per heavy atom. The minimum absolute atomic E-state index is 0.0253. The van der Waals surface area contributed by atoms with E-state index >= 15 is 0 Å². The Kier molecular flexibility index (Phi) is 9.30. The van der Waals surface area contributed by atoms with Crippen molar-refractivity contribution in [2.24, 2.45) is 5.73 Å². The normalized spacial score (nSPS) is 15.4. The number of primary amides is 1. The number of hydrogen-bond donors (Lipinski definition) is 2. The van der Waals surface area contributed by atoms with E-state index in [9.17, 15) is 19.2 Å². The maximum Gasteiger partial charge on any atom is 0.406 e. The van der Waals surface area contributed by atoms with E-state index in [1.807, 2.05) is 0 Å². The number of hydrogen-bond acceptors (Lipinski definition) is 7. The summed E-state index contributed by atoms with van der Waals surface area (Å²) in [6.07, 6.45) is -0.708. The number of amides is 3. The second kappa shape index (κ2) is 11.2. The van der Waals surface area contributed by atoms with Gasteiger partial charge in [0, 0.05) is 46.0 Å². The topological polar surface area (TPSA) is 137 Å². The van der Waals surface area contributed by atoms with E-state index in [0.717, 1.165) is 0 Å². The quantitative estimate of drug-likeness (QED) is 0.544. The zero-order valence-corrected chi connectivity index (χ0v) is 14.3. The standard InChI is InChI=1S/C15H25N3O7/c1-17-15(22)25-10-12(9-24-14(16)21)23-8-2-3-13(20)18-6-4-11(19)5-7-18/h12H,2-10H2,1H3,(H2,16,21)(H,17,22). The zero-order chi connectivity index (χ0) is 18.7. The van der Waals surface area contributed by atoms with Crippen LogP contribution in [-0.4, -0.2) is 74.8 Å². The zero-order valence-electron chi connectivity index (χ0n) is 14.3. The summed E-state index contributed by atoms with van der Waals surface area (Å²) in [4.78, 5) is 46.6. The molecule has 0 radical (unpaired) electrons. The van der Waals surface area contributed by atoms with Crippen molar-refractivity contribution in [1.29, 1.82) is 0 Å². The van der Waals surface area contributed by atoms with Gasteiger partial charge >= 0.3 is 12.2 Å². The fourth-order valence-corrected chi connectivity index (χ4v) is 2.20. The van der Waals surface area contributed by atoms with Gasteiger partial charge in [-0.05, 0) is 6.42 Å². The number of ether oxygens (including phenoxy) is 3. The molecule has 1 aliphatic rings. The predicted molar refractivity (Wildman–Crippen MR) is 85.7 cm³/mol. The molecule has 0 aromatic rings. The van der Waals surface area contributed by atoms with E-state index in [1.54, 1.807) is 4.90 Å². The number of nitrogens with zero attached hydrogens (tertiary/aromatic N) is 1. The van der Waals surface area contributed by atoms with Crippen LogP contribution in [0, 0.1) is 0 Å². The first-order valence-corrected chi connectivity index (χ1v) is 8.10. The molecule has 0 aromatic heterocycles. The number of alkyl carbamates (subject to hydrolysis) is 1. The number of rotatable bonds is 9. The summed E-state index contributed by atoms with van der Waals surface area (Å²) in [5.41, 5.74) is 4.90. The van der Waals surface area contributed by atoms with Crippen molar-refractivity contribution < 1.29 is 33.4 Å². The van der Waals surface area contributed by atoms with Gasteiger partial charge in [-0.2, -0.15) is 0 Å². The molecule has 1 rings (SSSR count). The maximum atomic E-state index is 12.0. The van der Waals surface area contributed by atoms with Gasteiger partial charge in [-0.1, -0.05) is 0 Å². The Hall–Kier alpha value is -2.36. The molecule has 0 spiro atoms. The van der Waals surface area contributed by atoms with E-state index in [-0.39, 0.29) is 37.9 Å². The van der Waals surface area contributed by atoms with Crippen molar-refractivity contribution in [3.05, 3.63) is 0 Å². The summed E-state index contributed by atoms with van der Waals surface area (Å²) in [5.74, 6) is 0.156. The Morgan fingerprint density at radius 3 is 2.44 bits per heavy atom. The maximum absolute atomic E-state index is 12.0. The first kappa shape index (κ1) is 20.7. The third kappa shape index (κ3) is 8.89. The highest BCUT2D eigenvalue weighted by atomic mass is 16.6. The molecule has 10 nitrogen and oxygen atoms in total. The summed E-state index contributed by atoms with van der Waals surface area (Å²) < 4.78 is 15.0. The van der Waals surface area contributed by atoms with Gasteiger partial charge in [-0.25, -0.2) is 9.59 Å². The number of nitrogens with one attached hydrogen (secondary N) is 1. The highest BCUT2D eigenvalue weighted by Gasteiger charge is 2.20. The van der Waals surface area contributed by atoms with Crippen molar-refractivity contribution in [2.45, 2.75) is 31.8 Å². The van der Waals surface area contributed by atoms with Crippen LogP contribution in [0.25, 0.3) is 0 Å². The van der Waals surface area contributed by atoms with Crippen molar-refractivity contribution in [3.8, 4) is 0 Å². The monoisotopic (exact) mass is 359 g/mol. The van der Waals surface area contributed by atoms with Gasteiger partial charge in [0.05, 0.1) is 0 Å². The van der Waals surface area contributed by atoms with Crippen LogP contribution in [0.5, 0.6) is 0 Å². The SMILES string of the molecule is CNC(=O)OCC(COC(N)=O)OCCCC(=O)N1CCC(=O)CC1. The van der Waals surface area contributed by atoms with Crippen LogP contribution >= 0.6 is 0 Å². The van der Waals surface area contributed by atoms with Crippen molar-refractivity contribution >= 4 is 23.9 Å². The lowest BCUT2D eigenvalue weighted by Gasteiger charge is -2.26. The van der Waals surface area contributed by atoms with Crippen LogP contribution in [0.3, 0.4) is 0 Å². The van der Waals surface area contributed by atoms with Crippen LogP contribution < -0.4 is 11.1 Å². The third-order valence-corrected chi connectivity index (χ3v) is 3.58. The average molecular weight is 359 g/mol. The first-order valence-electron chi connectivity index (χ1n) is 8.10. The molecule has 1 atom stereocenters. The van der Waals surface area contributed by atoms with Crippen molar-refractivity contribution in [3.63, 3.8) is 0 Å². The molecule has 10 heteroatoms. The van der Waals surface area contributed by atoms with Crippen LogP contribution in [-0.2, 0) is 23.8 Å². The van der Waals surface area contributed by atoms with Crippen molar-refractivity contribution in [2.75, 3.05) is 40.0 Å². The number of likely N-dealkylation sites (tertiary alicyclic amines) is 1. The molecule has 3 amide bonds. The highest BCUT2D eigenvalue weighted by molar-refractivity contribution is 5.83. The van der Waals surface area contributed by atoms with Crippen LogP contribution in [0.15, 0.2) is 0 Å². The Morgan fingerprint density at radius 2 is 1.84 bits per heavy atom. The van der Waals surface area contributed by atoms with Crippen LogP contribution in [0.4, 0.5) is 9.59 Å². The molecule has 1 heterocycles. The molecular weight excluding hydrogens is 334 g/mol.